The van der Waals surface area contributed by atoms with Crippen LogP contribution in [0.15, 0.2) is 47.3 Å². The van der Waals surface area contributed by atoms with Crippen LogP contribution in [0.2, 0.25) is 0 Å². The number of benzene rings is 1. The van der Waals surface area contributed by atoms with Crippen molar-refractivity contribution >= 4 is 0 Å². The summed E-state index contributed by atoms with van der Waals surface area (Å²) in [5.41, 5.74) is 10.0. The summed E-state index contributed by atoms with van der Waals surface area (Å²) in [7, 11) is 0. The highest BCUT2D eigenvalue weighted by Crippen LogP contribution is 2.30. The van der Waals surface area contributed by atoms with Gasteiger partial charge in [0.15, 0.2) is 0 Å². The van der Waals surface area contributed by atoms with Gasteiger partial charge < -0.3 is 14.9 Å². The SMILES string of the molecule is NC(Cc1ccoc1)C1OCCc2ccccc21. The van der Waals surface area contributed by atoms with Crippen LogP contribution in [-0.2, 0) is 17.6 Å². The molecule has 1 aliphatic heterocycles. The van der Waals surface area contributed by atoms with Crippen LogP contribution in [0.3, 0.4) is 0 Å². The molecular weight excluding hydrogens is 226 g/mol. The average Bonchev–Trinajstić information content (AvgIpc) is 2.91. The molecule has 3 rings (SSSR count). The highest BCUT2D eigenvalue weighted by Gasteiger charge is 2.26. The van der Waals surface area contributed by atoms with Gasteiger partial charge in [0.2, 0.25) is 0 Å². The summed E-state index contributed by atoms with van der Waals surface area (Å²) in [5, 5.41) is 0. The molecule has 94 valence electrons. The standard InChI is InChI=1S/C15H17NO2/c16-14(9-11-5-7-17-10-11)15-13-4-2-1-3-12(13)6-8-18-15/h1-5,7,10,14-15H,6,8-9,16H2. The predicted octanol–water partition coefficient (Wildman–Crippen LogP) is 2.46. The van der Waals surface area contributed by atoms with E-state index in [9.17, 15) is 0 Å². The third-order valence-electron chi connectivity index (χ3n) is 3.47. The third-order valence-corrected chi connectivity index (χ3v) is 3.47. The Balaban J connectivity index is 1.80. The number of fused-ring (bicyclic) bond motifs is 1. The number of hydrogen-bond donors (Lipinski definition) is 1. The minimum Gasteiger partial charge on any atom is -0.472 e. The van der Waals surface area contributed by atoms with E-state index in [1.807, 2.05) is 12.1 Å². The largest absolute Gasteiger partial charge is 0.472 e. The summed E-state index contributed by atoms with van der Waals surface area (Å²) in [6, 6.07) is 10.3. The maximum atomic E-state index is 6.29. The molecule has 1 aromatic carbocycles. The molecule has 0 spiro atoms. The molecule has 0 aliphatic carbocycles. The van der Waals surface area contributed by atoms with Gasteiger partial charge in [-0.3, -0.25) is 0 Å². The normalized spacial score (nSPS) is 20.4. The van der Waals surface area contributed by atoms with Crippen LogP contribution in [-0.4, -0.2) is 12.6 Å². The molecule has 0 saturated carbocycles. The lowest BCUT2D eigenvalue weighted by molar-refractivity contribution is 0.0246. The highest BCUT2D eigenvalue weighted by molar-refractivity contribution is 5.32. The second-order valence-corrected chi connectivity index (χ2v) is 4.74. The minimum atomic E-state index is -0.0379. The molecule has 2 atom stereocenters. The lowest BCUT2D eigenvalue weighted by Crippen LogP contribution is -2.35. The molecule has 0 fully saturated rings. The van der Waals surface area contributed by atoms with Gasteiger partial charge in [0.1, 0.15) is 0 Å². The molecule has 0 amide bonds. The maximum absolute atomic E-state index is 6.29. The van der Waals surface area contributed by atoms with Crippen molar-refractivity contribution in [1.29, 1.82) is 0 Å². The van der Waals surface area contributed by atoms with E-state index in [0.717, 1.165) is 25.0 Å². The van der Waals surface area contributed by atoms with E-state index in [0.29, 0.717) is 0 Å². The number of furan rings is 1. The summed E-state index contributed by atoms with van der Waals surface area (Å²) in [4.78, 5) is 0. The van der Waals surface area contributed by atoms with Gasteiger partial charge in [-0.05, 0) is 35.6 Å². The highest BCUT2D eigenvalue weighted by atomic mass is 16.5. The molecule has 3 heteroatoms. The zero-order valence-electron chi connectivity index (χ0n) is 10.2. The Bertz CT molecular complexity index is 507. The second-order valence-electron chi connectivity index (χ2n) is 4.74. The van der Waals surface area contributed by atoms with Crippen LogP contribution in [0.25, 0.3) is 0 Å². The van der Waals surface area contributed by atoms with Gasteiger partial charge in [0.05, 0.1) is 25.2 Å². The molecule has 1 aliphatic rings. The lowest BCUT2D eigenvalue weighted by Gasteiger charge is -2.30. The zero-order valence-corrected chi connectivity index (χ0v) is 10.2. The number of nitrogens with two attached hydrogens (primary N) is 1. The van der Waals surface area contributed by atoms with Gasteiger partial charge in [-0.25, -0.2) is 0 Å². The van der Waals surface area contributed by atoms with Gasteiger partial charge in [-0.2, -0.15) is 0 Å². The molecule has 18 heavy (non-hydrogen) atoms. The van der Waals surface area contributed by atoms with Crippen LogP contribution in [0.1, 0.15) is 22.8 Å². The first-order valence-corrected chi connectivity index (χ1v) is 6.30. The molecule has 2 unspecified atom stereocenters. The monoisotopic (exact) mass is 243 g/mol. The van der Waals surface area contributed by atoms with Crippen molar-refractivity contribution in [3.63, 3.8) is 0 Å². The minimum absolute atomic E-state index is 0.00940. The van der Waals surface area contributed by atoms with Gasteiger partial charge in [-0.15, -0.1) is 0 Å². The Morgan fingerprint density at radius 2 is 2.17 bits per heavy atom. The quantitative estimate of drug-likeness (QED) is 0.900. The maximum Gasteiger partial charge on any atom is 0.0981 e. The predicted molar refractivity (Wildman–Crippen MR) is 69.2 cm³/mol. The van der Waals surface area contributed by atoms with Crippen molar-refractivity contribution in [2.24, 2.45) is 5.73 Å². The smallest absolute Gasteiger partial charge is 0.0981 e. The van der Waals surface area contributed by atoms with E-state index >= 15 is 0 Å². The van der Waals surface area contributed by atoms with Crippen LogP contribution in [0, 0.1) is 0 Å². The Morgan fingerprint density at radius 1 is 1.28 bits per heavy atom. The van der Waals surface area contributed by atoms with Gasteiger partial charge in [0.25, 0.3) is 0 Å². The fourth-order valence-electron chi connectivity index (χ4n) is 2.57. The first-order chi connectivity index (χ1) is 8.84. The van der Waals surface area contributed by atoms with Crippen LogP contribution >= 0.6 is 0 Å². The van der Waals surface area contributed by atoms with Crippen molar-refractivity contribution in [2.75, 3.05) is 6.61 Å². The molecule has 0 saturated heterocycles. The molecule has 1 aromatic heterocycles. The molecule has 2 N–H and O–H groups in total. The summed E-state index contributed by atoms with van der Waals surface area (Å²) >= 11 is 0. The molecular formula is C15H17NO2. The third kappa shape index (κ3) is 2.19. The van der Waals surface area contributed by atoms with Gasteiger partial charge in [-0.1, -0.05) is 24.3 Å². The van der Waals surface area contributed by atoms with E-state index in [4.69, 9.17) is 14.9 Å². The fourth-order valence-corrected chi connectivity index (χ4v) is 2.57. The molecule has 2 aromatic rings. The molecule has 0 bridgehead atoms. The number of rotatable bonds is 3. The Hall–Kier alpha value is -1.58. The van der Waals surface area contributed by atoms with Crippen LogP contribution in [0.4, 0.5) is 0 Å². The van der Waals surface area contributed by atoms with Crippen molar-refractivity contribution in [2.45, 2.75) is 25.0 Å². The fraction of sp³-hybridized carbons (Fsp3) is 0.333. The Morgan fingerprint density at radius 3 is 3.00 bits per heavy atom. The summed E-state index contributed by atoms with van der Waals surface area (Å²) in [6.07, 6.45) is 5.16. The Kier molecular flexibility index (Phi) is 3.17. The van der Waals surface area contributed by atoms with E-state index < -0.39 is 0 Å². The van der Waals surface area contributed by atoms with E-state index in [1.165, 1.54) is 11.1 Å². The van der Waals surface area contributed by atoms with E-state index in [2.05, 4.69) is 18.2 Å². The van der Waals surface area contributed by atoms with E-state index in [-0.39, 0.29) is 12.1 Å². The first kappa shape index (κ1) is 11.5. The summed E-state index contributed by atoms with van der Waals surface area (Å²) in [6.45, 7) is 0.751. The second kappa shape index (κ2) is 4.96. The first-order valence-electron chi connectivity index (χ1n) is 6.30. The molecule has 3 nitrogen and oxygen atoms in total. The zero-order chi connectivity index (χ0) is 12.4. The van der Waals surface area contributed by atoms with Crippen molar-refractivity contribution < 1.29 is 9.15 Å². The van der Waals surface area contributed by atoms with E-state index in [1.54, 1.807) is 12.5 Å². The van der Waals surface area contributed by atoms with Crippen molar-refractivity contribution in [1.82, 2.24) is 0 Å². The topological polar surface area (TPSA) is 48.4 Å². The van der Waals surface area contributed by atoms with Gasteiger partial charge >= 0.3 is 0 Å². The Labute approximate surface area is 107 Å². The number of hydrogen-bond acceptors (Lipinski definition) is 3. The molecule has 2 heterocycles. The summed E-state index contributed by atoms with van der Waals surface area (Å²) < 4.78 is 10.9. The summed E-state index contributed by atoms with van der Waals surface area (Å²) in [5.74, 6) is 0. The lowest BCUT2D eigenvalue weighted by atomic mass is 9.91. The van der Waals surface area contributed by atoms with Crippen molar-refractivity contribution in [3.8, 4) is 0 Å². The van der Waals surface area contributed by atoms with Crippen molar-refractivity contribution in [3.05, 3.63) is 59.5 Å². The molecule has 0 radical (unpaired) electrons. The van der Waals surface area contributed by atoms with Gasteiger partial charge in [0, 0.05) is 6.04 Å². The van der Waals surface area contributed by atoms with Crippen LogP contribution in [0.5, 0.6) is 0 Å². The number of ether oxygens (including phenoxy) is 1. The average molecular weight is 243 g/mol. The van der Waals surface area contributed by atoms with Crippen LogP contribution < -0.4 is 5.73 Å².